The normalized spacial score (nSPS) is 12.9. The standard InChI is InChI=1S/C14H22N4S/c1-6-15-12(13-7-9(2)17-18(13)5)8-14-16-10(3)11(4)19-14/h7,12,15H,6,8H2,1-5H3. The predicted molar refractivity (Wildman–Crippen MR) is 79.7 cm³/mol. The molecule has 19 heavy (non-hydrogen) atoms. The highest BCUT2D eigenvalue weighted by Crippen LogP contribution is 2.23. The Labute approximate surface area is 118 Å². The quantitative estimate of drug-likeness (QED) is 0.914. The topological polar surface area (TPSA) is 42.7 Å². The van der Waals surface area contributed by atoms with Crippen molar-refractivity contribution in [2.24, 2.45) is 7.05 Å². The molecule has 0 fully saturated rings. The first-order chi connectivity index (χ1) is 9.01. The van der Waals surface area contributed by atoms with Crippen LogP contribution in [0.2, 0.25) is 0 Å². The Morgan fingerprint density at radius 2 is 2.11 bits per heavy atom. The molecule has 0 spiro atoms. The number of thiazole rings is 1. The predicted octanol–water partition coefficient (Wildman–Crippen LogP) is 2.70. The zero-order valence-corrected chi connectivity index (χ0v) is 13.1. The summed E-state index contributed by atoms with van der Waals surface area (Å²) in [4.78, 5) is 5.95. The summed E-state index contributed by atoms with van der Waals surface area (Å²) >= 11 is 1.80. The van der Waals surface area contributed by atoms with E-state index in [9.17, 15) is 0 Å². The first-order valence-electron chi connectivity index (χ1n) is 6.68. The summed E-state index contributed by atoms with van der Waals surface area (Å²) < 4.78 is 1.97. The molecule has 104 valence electrons. The fourth-order valence-corrected chi connectivity index (χ4v) is 3.26. The summed E-state index contributed by atoms with van der Waals surface area (Å²) in [6, 6.07) is 2.43. The summed E-state index contributed by atoms with van der Waals surface area (Å²) in [5.41, 5.74) is 3.44. The molecule has 0 saturated heterocycles. The van der Waals surface area contributed by atoms with Gasteiger partial charge in [-0.1, -0.05) is 6.92 Å². The molecule has 0 saturated carbocycles. The summed E-state index contributed by atoms with van der Waals surface area (Å²) in [7, 11) is 2.00. The van der Waals surface area contributed by atoms with E-state index in [1.54, 1.807) is 11.3 Å². The third kappa shape index (κ3) is 3.22. The lowest BCUT2D eigenvalue weighted by atomic mass is 10.1. The number of likely N-dealkylation sites (N-methyl/N-ethyl adjacent to an activating group) is 1. The molecule has 4 nitrogen and oxygen atoms in total. The summed E-state index contributed by atoms with van der Waals surface area (Å²) in [6.45, 7) is 9.32. The van der Waals surface area contributed by atoms with Gasteiger partial charge in [0.1, 0.15) is 0 Å². The van der Waals surface area contributed by atoms with E-state index in [0.717, 1.165) is 24.4 Å². The molecule has 1 unspecified atom stereocenters. The second-order valence-corrected chi connectivity index (χ2v) is 6.19. The van der Waals surface area contributed by atoms with E-state index < -0.39 is 0 Å². The third-order valence-electron chi connectivity index (χ3n) is 3.30. The van der Waals surface area contributed by atoms with Crippen LogP contribution < -0.4 is 5.32 Å². The lowest BCUT2D eigenvalue weighted by Crippen LogP contribution is -2.25. The molecule has 1 atom stereocenters. The minimum absolute atomic E-state index is 0.279. The molecule has 0 amide bonds. The van der Waals surface area contributed by atoms with Crippen molar-refractivity contribution >= 4 is 11.3 Å². The second-order valence-electron chi connectivity index (χ2n) is 4.90. The van der Waals surface area contributed by atoms with Crippen molar-refractivity contribution < 1.29 is 0 Å². The maximum absolute atomic E-state index is 4.64. The first kappa shape index (κ1) is 14.2. The van der Waals surface area contributed by atoms with Crippen LogP contribution in [0.3, 0.4) is 0 Å². The van der Waals surface area contributed by atoms with E-state index >= 15 is 0 Å². The van der Waals surface area contributed by atoms with Crippen molar-refractivity contribution in [3.05, 3.63) is 33.0 Å². The second kappa shape index (κ2) is 5.84. The molecule has 0 aliphatic rings. The van der Waals surface area contributed by atoms with E-state index in [4.69, 9.17) is 0 Å². The highest BCUT2D eigenvalue weighted by Gasteiger charge is 2.18. The summed E-state index contributed by atoms with van der Waals surface area (Å²) in [5.74, 6) is 0. The zero-order valence-electron chi connectivity index (χ0n) is 12.3. The minimum Gasteiger partial charge on any atom is -0.309 e. The molecule has 2 rings (SSSR count). The van der Waals surface area contributed by atoms with Crippen LogP contribution in [-0.4, -0.2) is 21.3 Å². The smallest absolute Gasteiger partial charge is 0.0950 e. The number of hydrogen-bond donors (Lipinski definition) is 1. The molecular weight excluding hydrogens is 256 g/mol. The van der Waals surface area contributed by atoms with Crippen molar-refractivity contribution in [2.45, 2.75) is 40.2 Å². The average molecular weight is 278 g/mol. The van der Waals surface area contributed by atoms with Gasteiger partial charge in [0.25, 0.3) is 0 Å². The van der Waals surface area contributed by atoms with Crippen LogP contribution in [0.1, 0.15) is 39.9 Å². The Morgan fingerprint density at radius 1 is 1.37 bits per heavy atom. The maximum atomic E-state index is 4.64. The van der Waals surface area contributed by atoms with Crippen molar-refractivity contribution in [3.8, 4) is 0 Å². The monoisotopic (exact) mass is 278 g/mol. The van der Waals surface area contributed by atoms with Gasteiger partial charge in [-0.25, -0.2) is 4.98 Å². The Hall–Kier alpha value is -1.20. The number of hydrogen-bond acceptors (Lipinski definition) is 4. The molecule has 0 aromatic carbocycles. The average Bonchev–Trinajstić information content (AvgIpc) is 2.82. The van der Waals surface area contributed by atoms with Gasteiger partial charge in [-0.15, -0.1) is 11.3 Å². The van der Waals surface area contributed by atoms with Crippen LogP contribution in [0.4, 0.5) is 0 Å². The van der Waals surface area contributed by atoms with E-state index in [1.165, 1.54) is 15.6 Å². The highest BCUT2D eigenvalue weighted by atomic mass is 32.1. The third-order valence-corrected chi connectivity index (χ3v) is 4.39. The lowest BCUT2D eigenvalue weighted by Gasteiger charge is -2.16. The molecule has 2 aromatic rings. The largest absolute Gasteiger partial charge is 0.309 e. The molecular formula is C14H22N4S. The number of aryl methyl sites for hydroxylation is 4. The highest BCUT2D eigenvalue weighted by molar-refractivity contribution is 7.11. The Kier molecular flexibility index (Phi) is 4.37. The summed E-state index contributed by atoms with van der Waals surface area (Å²) in [6.07, 6.45) is 0.923. The van der Waals surface area contributed by atoms with Gasteiger partial charge in [0.2, 0.25) is 0 Å². The van der Waals surface area contributed by atoms with Gasteiger partial charge in [-0.3, -0.25) is 4.68 Å². The van der Waals surface area contributed by atoms with Gasteiger partial charge in [-0.05, 0) is 33.4 Å². The van der Waals surface area contributed by atoms with Crippen LogP contribution >= 0.6 is 11.3 Å². The van der Waals surface area contributed by atoms with Crippen LogP contribution in [0.25, 0.3) is 0 Å². The molecule has 2 aromatic heterocycles. The van der Waals surface area contributed by atoms with Crippen LogP contribution in [0.15, 0.2) is 6.07 Å². The van der Waals surface area contributed by atoms with Gasteiger partial charge in [0, 0.05) is 18.3 Å². The number of rotatable bonds is 5. The molecule has 1 N–H and O–H groups in total. The van der Waals surface area contributed by atoms with Gasteiger partial charge in [0.15, 0.2) is 0 Å². The fraction of sp³-hybridized carbons (Fsp3) is 0.571. The molecule has 0 radical (unpaired) electrons. The van der Waals surface area contributed by atoms with Crippen molar-refractivity contribution in [1.29, 1.82) is 0 Å². The van der Waals surface area contributed by atoms with Gasteiger partial charge in [-0.2, -0.15) is 5.10 Å². The zero-order chi connectivity index (χ0) is 14.0. The fourth-order valence-electron chi connectivity index (χ4n) is 2.29. The lowest BCUT2D eigenvalue weighted by molar-refractivity contribution is 0.506. The SMILES string of the molecule is CCNC(Cc1nc(C)c(C)s1)c1cc(C)nn1C. The van der Waals surface area contributed by atoms with Gasteiger partial charge < -0.3 is 5.32 Å². The number of aromatic nitrogens is 3. The van der Waals surface area contributed by atoms with Crippen molar-refractivity contribution in [1.82, 2.24) is 20.1 Å². The van der Waals surface area contributed by atoms with Crippen molar-refractivity contribution in [3.63, 3.8) is 0 Å². The van der Waals surface area contributed by atoms with Gasteiger partial charge >= 0.3 is 0 Å². The molecule has 5 heteroatoms. The van der Waals surface area contributed by atoms with E-state index in [2.05, 4.69) is 42.2 Å². The molecule has 0 aliphatic heterocycles. The van der Waals surface area contributed by atoms with E-state index in [0.29, 0.717) is 0 Å². The van der Waals surface area contributed by atoms with Crippen LogP contribution in [-0.2, 0) is 13.5 Å². The van der Waals surface area contributed by atoms with Gasteiger partial charge in [0.05, 0.1) is 28.1 Å². The maximum Gasteiger partial charge on any atom is 0.0950 e. The Morgan fingerprint density at radius 3 is 2.58 bits per heavy atom. The number of nitrogens with zero attached hydrogens (tertiary/aromatic N) is 3. The van der Waals surface area contributed by atoms with Crippen molar-refractivity contribution in [2.75, 3.05) is 6.54 Å². The van der Waals surface area contributed by atoms with Crippen LogP contribution in [0.5, 0.6) is 0 Å². The van der Waals surface area contributed by atoms with E-state index in [-0.39, 0.29) is 6.04 Å². The Balaban J connectivity index is 2.23. The first-order valence-corrected chi connectivity index (χ1v) is 7.49. The molecule has 0 bridgehead atoms. The molecule has 0 aliphatic carbocycles. The number of nitrogens with one attached hydrogen (secondary N) is 1. The minimum atomic E-state index is 0.279. The summed E-state index contributed by atoms with van der Waals surface area (Å²) in [5, 5.41) is 9.17. The molecule has 2 heterocycles. The Bertz CT molecular complexity index is 536. The van der Waals surface area contributed by atoms with E-state index in [1.807, 2.05) is 18.7 Å². The van der Waals surface area contributed by atoms with Crippen LogP contribution in [0, 0.1) is 20.8 Å².